The van der Waals surface area contributed by atoms with Gasteiger partial charge < -0.3 is 10.1 Å². The van der Waals surface area contributed by atoms with Crippen molar-refractivity contribution in [1.82, 2.24) is 5.32 Å². The topological polar surface area (TPSA) is 21.3 Å². The van der Waals surface area contributed by atoms with Crippen molar-refractivity contribution in [2.75, 3.05) is 19.7 Å². The van der Waals surface area contributed by atoms with Gasteiger partial charge in [-0.05, 0) is 77.8 Å². The first-order chi connectivity index (χ1) is 9.16. The highest BCUT2D eigenvalue weighted by molar-refractivity contribution is 9.10. The van der Waals surface area contributed by atoms with Crippen LogP contribution in [-0.2, 0) is 0 Å². The zero-order valence-electron chi connectivity index (χ0n) is 11.9. The van der Waals surface area contributed by atoms with Crippen molar-refractivity contribution in [2.24, 2.45) is 5.92 Å². The Morgan fingerprint density at radius 2 is 2.05 bits per heavy atom. The molecule has 2 rings (SSSR count). The number of benzene rings is 1. The lowest BCUT2D eigenvalue weighted by Crippen LogP contribution is -2.28. The Hall–Kier alpha value is -0.540. The van der Waals surface area contributed by atoms with Crippen LogP contribution >= 0.6 is 15.9 Å². The van der Waals surface area contributed by atoms with Crippen molar-refractivity contribution in [3.63, 3.8) is 0 Å². The van der Waals surface area contributed by atoms with Crippen LogP contribution < -0.4 is 10.1 Å². The van der Waals surface area contributed by atoms with Crippen LogP contribution in [0.2, 0.25) is 0 Å². The molecule has 0 radical (unpaired) electrons. The first-order valence-corrected chi connectivity index (χ1v) is 8.09. The Kier molecular flexibility index (Phi) is 5.71. The lowest BCUT2D eigenvalue weighted by atomic mass is 9.95. The van der Waals surface area contributed by atoms with Gasteiger partial charge in [-0.25, -0.2) is 0 Å². The fourth-order valence-electron chi connectivity index (χ4n) is 2.50. The summed E-state index contributed by atoms with van der Waals surface area (Å²) in [6.07, 6.45) is 3.74. The number of rotatable bonds is 5. The van der Waals surface area contributed by atoms with E-state index in [-0.39, 0.29) is 0 Å². The molecule has 1 fully saturated rings. The molecular formula is C16H24BrNO. The Labute approximate surface area is 125 Å². The second-order valence-corrected chi connectivity index (χ2v) is 6.53. The fraction of sp³-hybridized carbons (Fsp3) is 0.625. The molecule has 106 valence electrons. The Morgan fingerprint density at radius 3 is 2.68 bits per heavy atom. The van der Waals surface area contributed by atoms with Gasteiger partial charge in [-0.15, -0.1) is 0 Å². The molecule has 0 unspecified atom stereocenters. The summed E-state index contributed by atoms with van der Waals surface area (Å²) in [5.41, 5.74) is 1.34. The van der Waals surface area contributed by atoms with Gasteiger partial charge in [-0.2, -0.15) is 0 Å². The first-order valence-electron chi connectivity index (χ1n) is 7.30. The minimum absolute atomic E-state index is 0.556. The number of halogens is 1. The van der Waals surface area contributed by atoms with E-state index in [9.17, 15) is 0 Å². The van der Waals surface area contributed by atoms with E-state index >= 15 is 0 Å². The lowest BCUT2D eigenvalue weighted by molar-refractivity contribution is 0.251. The summed E-state index contributed by atoms with van der Waals surface area (Å²) in [6.45, 7) is 7.57. The molecule has 0 saturated carbocycles. The molecule has 19 heavy (non-hydrogen) atoms. The lowest BCUT2D eigenvalue weighted by Gasteiger charge is -2.22. The molecule has 1 saturated heterocycles. The van der Waals surface area contributed by atoms with E-state index in [1.165, 1.54) is 24.8 Å². The number of ether oxygens (including phenoxy) is 1. The van der Waals surface area contributed by atoms with Crippen molar-refractivity contribution < 1.29 is 4.74 Å². The fourth-order valence-corrected chi connectivity index (χ4v) is 3.01. The monoisotopic (exact) mass is 325 g/mol. The summed E-state index contributed by atoms with van der Waals surface area (Å²) in [7, 11) is 0. The summed E-state index contributed by atoms with van der Waals surface area (Å²) >= 11 is 3.61. The number of nitrogens with one attached hydrogen (secondary N) is 1. The number of hydrogen-bond donors (Lipinski definition) is 1. The zero-order valence-corrected chi connectivity index (χ0v) is 13.5. The maximum absolute atomic E-state index is 5.91. The molecule has 3 heteroatoms. The van der Waals surface area contributed by atoms with Crippen LogP contribution in [0.15, 0.2) is 22.7 Å². The summed E-state index contributed by atoms with van der Waals surface area (Å²) < 4.78 is 6.98. The highest BCUT2D eigenvalue weighted by atomic mass is 79.9. The van der Waals surface area contributed by atoms with E-state index in [1.807, 2.05) is 0 Å². The Balaban J connectivity index is 1.82. The largest absolute Gasteiger partial charge is 0.492 e. The molecule has 0 spiro atoms. The van der Waals surface area contributed by atoms with Gasteiger partial charge in [0.1, 0.15) is 5.75 Å². The summed E-state index contributed by atoms with van der Waals surface area (Å²) in [6, 6.07) is 6.42. The van der Waals surface area contributed by atoms with Crippen LogP contribution in [0, 0.1) is 5.92 Å². The van der Waals surface area contributed by atoms with E-state index in [4.69, 9.17) is 4.74 Å². The van der Waals surface area contributed by atoms with Crippen LogP contribution in [0.1, 0.15) is 44.6 Å². The smallest absolute Gasteiger partial charge is 0.133 e. The minimum Gasteiger partial charge on any atom is -0.492 e. The van der Waals surface area contributed by atoms with E-state index in [1.54, 1.807) is 0 Å². The normalized spacial score (nSPS) is 16.8. The third-order valence-corrected chi connectivity index (χ3v) is 4.48. The van der Waals surface area contributed by atoms with Gasteiger partial charge in [0.15, 0.2) is 0 Å². The molecular weight excluding hydrogens is 302 g/mol. The van der Waals surface area contributed by atoms with E-state index in [2.05, 4.69) is 53.3 Å². The molecule has 0 amide bonds. The quantitative estimate of drug-likeness (QED) is 0.869. The van der Waals surface area contributed by atoms with Gasteiger partial charge in [-0.1, -0.05) is 19.9 Å². The molecule has 1 N–H and O–H groups in total. The molecule has 1 aromatic carbocycles. The highest BCUT2D eigenvalue weighted by Crippen LogP contribution is 2.29. The zero-order chi connectivity index (χ0) is 13.7. The molecule has 0 atom stereocenters. The summed E-state index contributed by atoms with van der Waals surface area (Å²) in [5, 5.41) is 3.40. The van der Waals surface area contributed by atoms with Crippen LogP contribution in [0.25, 0.3) is 0 Å². The summed E-state index contributed by atoms with van der Waals surface area (Å²) in [5.74, 6) is 2.35. The maximum atomic E-state index is 5.91. The Bertz CT molecular complexity index is 400. The van der Waals surface area contributed by atoms with Gasteiger partial charge in [0, 0.05) is 0 Å². The van der Waals surface area contributed by atoms with Gasteiger partial charge in [0.05, 0.1) is 11.1 Å². The van der Waals surface area contributed by atoms with Gasteiger partial charge in [0.25, 0.3) is 0 Å². The van der Waals surface area contributed by atoms with Crippen molar-refractivity contribution in [3.8, 4) is 5.75 Å². The number of hydrogen-bond acceptors (Lipinski definition) is 2. The van der Waals surface area contributed by atoms with E-state index < -0.39 is 0 Å². The second-order valence-electron chi connectivity index (χ2n) is 5.68. The highest BCUT2D eigenvalue weighted by Gasteiger charge is 2.13. The maximum Gasteiger partial charge on any atom is 0.133 e. The van der Waals surface area contributed by atoms with Crippen molar-refractivity contribution in [3.05, 3.63) is 28.2 Å². The predicted molar refractivity (Wildman–Crippen MR) is 83.9 cm³/mol. The average Bonchev–Trinajstić information content (AvgIpc) is 2.41. The molecule has 1 aromatic rings. The molecule has 2 nitrogen and oxygen atoms in total. The van der Waals surface area contributed by atoms with Crippen molar-refractivity contribution in [2.45, 2.75) is 39.0 Å². The van der Waals surface area contributed by atoms with E-state index in [0.29, 0.717) is 5.92 Å². The molecule has 1 aliphatic rings. The predicted octanol–water partition coefficient (Wildman–Crippen LogP) is 4.34. The minimum atomic E-state index is 0.556. The van der Waals surface area contributed by atoms with Crippen LogP contribution in [0.3, 0.4) is 0 Å². The van der Waals surface area contributed by atoms with Crippen LogP contribution in [-0.4, -0.2) is 19.7 Å². The van der Waals surface area contributed by atoms with Crippen molar-refractivity contribution >= 4 is 15.9 Å². The van der Waals surface area contributed by atoms with Gasteiger partial charge in [0.2, 0.25) is 0 Å². The number of piperidine rings is 1. The molecule has 0 bridgehead atoms. The third-order valence-electron chi connectivity index (χ3n) is 3.86. The second kappa shape index (κ2) is 7.30. The van der Waals surface area contributed by atoms with Crippen LogP contribution in [0.4, 0.5) is 0 Å². The average molecular weight is 326 g/mol. The van der Waals surface area contributed by atoms with Gasteiger partial charge in [-0.3, -0.25) is 0 Å². The van der Waals surface area contributed by atoms with Crippen LogP contribution in [0.5, 0.6) is 5.75 Å². The molecule has 1 heterocycles. The molecule has 1 aliphatic heterocycles. The SMILES string of the molecule is CC(C)c1ccc(OCCC2CCNCC2)c(Br)c1. The molecule has 0 aromatic heterocycles. The van der Waals surface area contributed by atoms with Crippen molar-refractivity contribution in [1.29, 1.82) is 0 Å². The van der Waals surface area contributed by atoms with Gasteiger partial charge >= 0.3 is 0 Å². The summed E-state index contributed by atoms with van der Waals surface area (Å²) in [4.78, 5) is 0. The third kappa shape index (κ3) is 4.50. The van der Waals surface area contributed by atoms with E-state index in [0.717, 1.165) is 35.8 Å². The first kappa shape index (κ1) is 14.9. The standard InChI is InChI=1S/C16H24BrNO/c1-12(2)14-3-4-16(15(17)11-14)19-10-7-13-5-8-18-9-6-13/h3-4,11-13,18H,5-10H2,1-2H3. The molecule has 0 aliphatic carbocycles. The Morgan fingerprint density at radius 1 is 1.32 bits per heavy atom.